The van der Waals surface area contributed by atoms with Gasteiger partial charge >= 0.3 is 6.09 Å². The number of nitrogens with two attached hydrogens (primary N) is 1. The van der Waals surface area contributed by atoms with Crippen molar-refractivity contribution in [2.45, 2.75) is 25.6 Å². The Morgan fingerprint density at radius 2 is 1.61 bits per heavy atom. The van der Waals surface area contributed by atoms with Crippen LogP contribution in [0.25, 0.3) is 22.5 Å². The van der Waals surface area contributed by atoms with Crippen molar-refractivity contribution in [3.8, 4) is 11.4 Å². The standard InChI is InChI=1S/C36H29FN6O6/c37-25-13-11-24(12-14-25)33-39-19-29(42-36(47)48-21-23-9-5-2-6-10-23)35(46)43(33)20-31(44)40-28(17-22-7-3-1-4-8-22)32(45)34-41-27-18-26(38)15-16-30(27)49-34/h1-16,18-19,28H,17,20-21,38H2,(H,40,44)(H,42,47). The number of carbonyl (C=O) groups is 3. The molecule has 13 heteroatoms. The molecule has 0 saturated carbocycles. The van der Waals surface area contributed by atoms with Gasteiger partial charge in [-0.15, -0.1) is 0 Å². The maximum atomic E-state index is 13.8. The minimum absolute atomic E-state index is 0.0193. The number of nitrogens with zero attached hydrogens (tertiary/aromatic N) is 3. The summed E-state index contributed by atoms with van der Waals surface area (Å²) in [7, 11) is 0. The topological polar surface area (TPSA) is 171 Å². The van der Waals surface area contributed by atoms with Crippen LogP contribution in [0.5, 0.6) is 0 Å². The molecule has 2 heterocycles. The summed E-state index contributed by atoms with van der Waals surface area (Å²) in [6.45, 7) is -0.662. The quantitative estimate of drug-likeness (QED) is 0.126. The summed E-state index contributed by atoms with van der Waals surface area (Å²) in [5.41, 5.74) is 7.76. The van der Waals surface area contributed by atoms with E-state index in [4.69, 9.17) is 14.9 Å². The molecule has 0 aliphatic heterocycles. The molecule has 12 nitrogen and oxygen atoms in total. The number of nitrogen functional groups attached to an aromatic ring is 1. The third kappa shape index (κ3) is 7.85. The first-order chi connectivity index (χ1) is 23.7. The van der Waals surface area contributed by atoms with E-state index in [0.29, 0.717) is 22.4 Å². The Morgan fingerprint density at radius 3 is 2.33 bits per heavy atom. The Morgan fingerprint density at radius 1 is 0.918 bits per heavy atom. The van der Waals surface area contributed by atoms with Crippen LogP contribution in [0, 0.1) is 5.82 Å². The van der Waals surface area contributed by atoms with Crippen LogP contribution in [0.2, 0.25) is 0 Å². The number of amides is 2. The lowest BCUT2D eigenvalue weighted by Gasteiger charge is -2.18. The molecule has 6 aromatic rings. The molecule has 0 aliphatic carbocycles. The number of hydrogen-bond acceptors (Lipinski definition) is 9. The highest BCUT2D eigenvalue weighted by Crippen LogP contribution is 2.21. The lowest BCUT2D eigenvalue weighted by Crippen LogP contribution is -2.45. The second kappa shape index (κ2) is 14.4. The Balaban J connectivity index is 1.28. The summed E-state index contributed by atoms with van der Waals surface area (Å²) in [5, 5.41) is 5.09. The molecule has 246 valence electrons. The highest BCUT2D eigenvalue weighted by molar-refractivity contribution is 6.00. The predicted octanol–water partition coefficient (Wildman–Crippen LogP) is 5.13. The summed E-state index contributed by atoms with van der Waals surface area (Å²) in [5.74, 6) is -2.06. The highest BCUT2D eigenvalue weighted by atomic mass is 19.1. The van der Waals surface area contributed by atoms with Crippen molar-refractivity contribution < 1.29 is 27.9 Å². The SMILES string of the molecule is Nc1ccc2oc(C(=O)C(Cc3ccccc3)NC(=O)Cn3c(-c4ccc(F)cc4)ncc(NC(=O)OCc4ccccc4)c3=O)nc2c1. The summed E-state index contributed by atoms with van der Waals surface area (Å²) in [6, 6.07) is 26.7. The fourth-order valence-corrected chi connectivity index (χ4v) is 5.06. The van der Waals surface area contributed by atoms with Crippen molar-refractivity contribution in [1.29, 1.82) is 0 Å². The first-order valence-corrected chi connectivity index (χ1v) is 15.1. The number of carbonyl (C=O) groups excluding carboxylic acids is 3. The van der Waals surface area contributed by atoms with E-state index in [1.54, 1.807) is 66.7 Å². The number of anilines is 2. The number of halogens is 1. The lowest BCUT2D eigenvalue weighted by atomic mass is 10.0. The van der Waals surface area contributed by atoms with Gasteiger partial charge in [-0.25, -0.2) is 19.2 Å². The third-order valence-electron chi connectivity index (χ3n) is 7.46. The van der Waals surface area contributed by atoms with Crippen LogP contribution in [-0.2, 0) is 29.1 Å². The second-order valence-corrected chi connectivity index (χ2v) is 11.0. The molecule has 49 heavy (non-hydrogen) atoms. The molecule has 0 spiro atoms. The molecule has 1 unspecified atom stereocenters. The molecular formula is C36H29FN6O6. The molecule has 0 fully saturated rings. The van der Waals surface area contributed by atoms with Crippen LogP contribution in [0.15, 0.2) is 119 Å². The minimum atomic E-state index is -1.15. The van der Waals surface area contributed by atoms with Crippen molar-refractivity contribution in [2.75, 3.05) is 11.1 Å². The second-order valence-electron chi connectivity index (χ2n) is 11.0. The lowest BCUT2D eigenvalue weighted by molar-refractivity contribution is -0.122. The number of aromatic nitrogens is 3. The molecule has 2 amide bonds. The number of Topliss-reactive ketones (excluding diaryl/α,β-unsaturated/α-hetero) is 1. The molecule has 6 rings (SSSR count). The van der Waals surface area contributed by atoms with Crippen LogP contribution < -0.4 is 21.9 Å². The molecule has 0 aliphatic rings. The monoisotopic (exact) mass is 660 g/mol. The fourth-order valence-electron chi connectivity index (χ4n) is 5.06. The Bertz CT molecular complexity index is 2190. The molecular weight excluding hydrogens is 631 g/mol. The first kappa shape index (κ1) is 32.3. The normalized spacial score (nSPS) is 11.5. The van der Waals surface area contributed by atoms with Gasteiger partial charge in [-0.2, -0.15) is 0 Å². The van der Waals surface area contributed by atoms with Gasteiger partial charge in [0.05, 0.1) is 6.20 Å². The molecule has 4 aromatic carbocycles. The Hall–Kier alpha value is -6.63. The molecule has 1 atom stereocenters. The van der Waals surface area contributed by atoms with E-state index in [2.05, 4.69) is 20.6 Å². The van der Waals surface area contributed by atoms with Gasteiger partial charge in [-0.1, -0.05) is 60.7 Å². The predicted molar refractivity (Wildman–Crippen MR) is 179 cm³/mol. The molecule has 4 N–H and O–H groups in total. The van der Waals surface area contributed by atoms with E-state index < -0.39 is 41.7 Å². The average molecular weight is 661 g/mol. The number of fused-ring (bicyclic) bond motifs is 1. The van der Waals surface area contributed by atoms with Gasteiger partial charge in [-0.05, 0) is 53.6 Å². The molecule has 0 bridgehead atoms. The first-order valence-electron chi connectivity index (χ1n) is 15.1. The number of rotatable bonds is 11. The van der Waals surface area contributed by atoms with E-state index in [1.165, 1.54) is 24.3 Å². The number of ketones is 1. The van der Waals surface area contributed by atoms with E-state index >= 15 is 0 Å². The van der Waals surface area contributed by atoms with Crippen LogP contribution in [-0.4, -0.2) is 38.4 Å². The van der Waals surface area contributed by atoms with Gasteiger partial charge < -0.3 is 20.2 Å². The summed E-state index contributed by atoms with van der Waals surface area (Å²) >= 11 is 0. The van der Waals surface area contributed by atoms with Crippen LogP contribution in [0.4, 0.5) is 20.6 Å². The van der Waals surface area contributed by atoms with Crippen molar-refractivity contribution in [3.63, 3.8) is 0 Å². The number of benzene rings is 4. The Labute approximate surface area is 278 Å². The van der Waals surface area contributed by atoms with E-state index in [-0.39, 0.29) is 30.4 Å². The van der Waals surface area contributed by atoms with Crippen LogP contribution in [0.1, 0.15) is 21.8 Å². The smallest absolute Gasteiger partial charge is 0.412 e. The third-order valence-corrected chi connectivity index (χ3v) is 7.46. The van der Waals surface area contributed by atoms with Crippen molar-refractivity contribution >= 4 is 40.3 Å². The van der Waals surface area contributed by atoms with Crippen molar-refractivity contribution in [1.82, 2.24) is 19.9 Å². The van der Waals surface area contributed by atoms with Crippen LogP contribution in [0.3, 0.4) is 0 Å². The van der Waals surface area contributed by atoms with E-state index in [1.807, 2.05) is 12.1 Å². The molecule has 2 aromatic heterocycles. The molecule has 0 radical (unpaired) electrons. The average Bonchev–Trinajstić information content (AvgIpc) is 3.53. The zero-order chi connectivity index (χ0) is 34.3. The minimum Gasteiger partial charge on any atom is -0.444 e. The number of hydrogen-bond donors (Lipinski definition) is 3. The van der Waals surface area contributed by atoms with Gasteiger partial charge in [0.25, 0.3) is 11.4 Å². The maximum absolute atomic E-state index is 13.8. The van der Waals surface area contributed by atoms with Gasteiger partial charge in [0.1, 0.15) is 42.0 Å². The zero-order valence-corrected chi connectivity index (χ0v) is 25.8. The molecule has 0 saturated heterocycles. The fraction of sp³-hybridized carbons (Fsp3) is 0.111. The maximum Gasteiger partial charge on any atom is 0.412 e. The van der Waals surface area contributed by atoms with Gasteiger partial charge in [0.2, 0.25) is 11.7 Å². The summed E-state index contributed by atoms with van der Waals surface area (Å²) in [6.07, 6.45) is 0.293. The number of ether oxygens (including phenoxy) is 1. The summed E-state index contributed by atoms with van der Waals surface area (Å²) < 4.78 is 25.7. The summed E-state index contributed by atoms with van der Waals surface area (Å²) in [4.78, 5) is 62.3. The van der Waals surface area contributed by atoms with Gasteiger partial charge in [0, 0.05) is 17.7 Å². The zero-order valence-electron chi connectivity index (χ0n) is 25.8. The van der Waals surface area contributed by atoms with Gasteiger partial charge in [-0.3, -0.25) is 24.3 Å². The Kier molecular flexibility index (Phi) is 9.51. The largest absolute Gasteiger partial charge is 0.444 e. The van der Waals surface area contributed by atoms with Gasteiger partial charge in [0.15, 0.2) is 5.58 Å². The number of oxazole rings is 1. The van der Waals surface area contributed by atoms with Crippen molar-refractivity contribution in [3.05, 3.63) is 143 Å². The van der Waals surface area contributed by atoms with Crippen molar-refractivity contribution in [2.24, 2.45) is 0 Å². The highest BCUT2D eigenvalue weighted by Gasteiger charge is 2.28. The number of nitrogens with one attached hydrogen (secondary N) is 2. The van der Waals surface area contributed by atoms with Crippen LogP contribution >= 0.6 is 0 Å². The van der Waals surface area contributed by atoms with E-state index in [0.717, 1.165) is 21.9 Å². The van der Waals surface area contributed by atoms with E-state index in [9.17, 15) is 23.6 Å².